The molecule has 0 aliphatic carbocycles. The third-order valence-electron chi connectivity index (χ3n) is 4.24. The average molecular weight is 445 g/mol. The van der Waals surface area contributed by atoms with Crippen LogP contribution in [0.3, 0.4) is 0 Å². The van der Waals surface area contributed by atoms with Crippen molar-refractivity contribution < 1.29 is 19.1 Å². The zero-order chi connectivity index (χ0) is 21.7. The predicted molar refractivity (Wildman–Crippen MR) is 118 cm³/mol. The molecule has 2 N–H and O–H groups in total. The van der Waals surface area contributed by atoms with Gasteiger partial charge in [0.15, 0.2) is 0 Å². The lowest BCUT2D eigenvalue weighted by Crippen LogP contribution is -2.14. The maximum absolute atomic E-state index is 12.5. The quantitative estimate of drug-likeness (QED) is 0.524. The van der Waals surface area contributed by atoms with Crippen LogP contribution < -0.4 is 20.1 Å². The molecule has 0 spiro atoms. The Bertz CT molecular complexity index is 1070. The van der Waals surface area contributed by atoms with Crippen LogP contribution in [0, 0.1) is 0 Å². The summed E-state index contributed by atoms with van der Waals surface area (Å²) in [4.78, 5) is 25.0. The Morgan fingerprint density at radius 2 is 1.27 bits per heavy atom. The first-order valence-electron chi connectivity index (χ1n) is 8.81. The number of nitrogens with one attached hydrogen (secondary N) is 2. The van der Waals surface area contributed by atoms with E-state index >= 15 is 0 Å². The van der Waals surface area contributed by atoms with Gasteiger partial charge in [0.2, 0.25) is 0 Å². The Morgan fingerprint density at radius 1 is 0.733 bits per heavy atom. The Hall–Kier alpha value is -3.22. The fraction of sp³-hybridized carbons (Fsp3) is 0.0909. The van der Waals surface area contributed by atoms with E-state index in [-0.39, 0.29) is 16.8 Å². The molecule has 3 rings (SSSR count). The van der Waals surface area contributed by atoms with Crippen molar-refractivity contribution >= 4 is 46.4 Å². The lowest BCUT2D eigenvalue weighted by Gasteiger charge is -2.14. The number of halogens is 2. The Labute approximate surface area is 183 Å². The number of carbonyl (C=O) groups is 2. The molecule has 0 unspecified atom stereocenters. The molecule has 0 aromatic heterocycles. The number of benzene rings is 3. The minimum absolute atomic E-state index is 0.240. The maximum Gasteiger partial charge on any atom is 0.255 e. The number of rotatable bonds is 6. The third kappa shape index (κ3) is 5.03. The van der Waals surface area contributed by atoms with Crippen LogP contribution in [-0.4, -0.2) is 26.0 Å². The van der Waals surface area contributed by atoms with Gasteiger partial charge < -0.3 is 20.1 Å². The van der Waals surface area contributed by atoms with Gasteiger partial charge in [-0.2, -0.15) is 0 Å². The molecule has 0 fully saturated rings. The zero-order valence-electron chi connectivity index (χ0n) is 16.2. The molecule has 0 heterocycles. The molecule has 0 aliphatic heterocycles. The summed E-state index contributed by atoms with van der Waals surface area (Å²) in [6.45, 7) is 0. The molecule has 30 heavy (non-hydrogen) atoms. The summed E-state index contributed by atoms with van der Waals surface area (Å²) in [6.07, 6.45) is 0. The second kappa shape index (κ2) is 9.52. The van der Waals surface area contributed by atoms with E-state index in [9.17, 15) is 9.59 Å². The second-order valence-electron chi connectivity index (χ2n) is 6.18. The Balaban J connectivity index is 1.79. The normalized spacial score (nSPS) is 10.3. The summed E-state index contributed by atoms with van der Waals surface area (Å²) in [5.74, 6) is 0.286. The first kappa shape index (κ1) is 21.5. The van der Waals surface area contributed by atoms with Crippen molar-refractivity contribution in [3.8, 4) is 11.5 Å². The highest BCUT2D eigenvalue weighted by Gasteiger charge is 2.15. The van der Waals surface area contributed by atoms with Gasteiger partial charge in [-0.25, -0.2) is 0 Å². The van der Waals surface area contributed by atoms with Crippen molar-refractivity contribution in [3.63, 3.8) is 0 Å². The number of methoxy groups -OCH3 is 2. The zero-order valence-corrected chi connectivity index (χ0v) is 17.7. The van der Waals surface area contributed by atoms with E-state index < -0.39 is 0 Å². The number of hydrogen-bond acceptors (Lipinski definition) is 4. The van der Waals surface area contributed by atoms with Crippen molar-refractivity contribution in [1.29, 1.82) is 0 Å². The SMILES string of the molecule is COc1ccc(C(=O)Nc2cc(OC)c(NC(=O)c3ccc(Cl)cc3)cc2Cl)cc1. The molecule has 8 heteroatoms. The number of anilines is 2. The van der Waals surface area contributed by atoms with Gasteiger partial charge in [0.1, 0.15) is 11.5 Å². The van der Waals surface area contributed by atoms with Gasteiger partial charge >= 0.3 is 0 Å². The predicted octanol–water partition coefficient (Wildman–Crippen LogP) is 5.52. The summed E-state index contributed by atoms with van der Waals surface area (Å²) in [7, 11) is 3.00. The maximum atomic E-state index is 12.5. The van der Waals surface area contributed by atoms with Gasteiger partial charge in [-0.1, -0.05) is 23.2 Å². The van der Waals surface area contributed by atoms with Gasteiger partial charge in [-0.05, 0) is 54.6 Å². The monoisotopic (exact) mass is 444 g/mol. The van der Waals surface area contributed by atoms with Crippen LogP contribution in [0.15, 0.2) is 60.7 Å². The van der Waals surface area contributed by atoms with Gasteiger partial charge in [-0.15, -0.1) is 0 Å². The molecule has 0 aliphatic rings. The third-order valence-corrected chi connectivity index (χ3v) is 4.81. The number of ether oxygens (including phenoxy) is 2. The van der Waals surface area contributed by atoms with Crippen molar-refractivity contribution in [2.75, 3.05) is 24.9 Å². The van der Waals surface area contributed by atoms with E-state index in [4.69, 9.17) is 32.7 Å². The van der Waals surface area contributed by atoms with Crippen LogP contribution in [0.2, 0.25) is 10.0 Å². The molecule has 3 aromatic carbocycles. The van der Waals surface area contributed by atoms with Gasteiger partial charge in [0.25, 0.3) is 11.8 Å². The largest absolute Gasteiger partial charge is 0.497 e. The minimum atomic E-state index is -0.351. The summed E-state index contributed by atoms with van der Waals surface area (Å²) in [5.41, 5.74) is 1.57. The molecule has 0 radical (unpaired) electrons. The van der Waals surface area contributed by atoms with Gasteiger partial charge in [0, 0.05) is 22.2 Å². The van der Waals surface area contributed by atoms with Gasteiger partial charge in [0.05, 0.1) is 30.6 Å². The van der Waals surface area contributed by atoms with Gasteiger partial charge in [-0.3, -0.25) is 9.59 Å². The number of carbonyl (C=O) groups excluding carboxylic acids is 2. The molecule has 0 saturated heterocycles. The molecule has 2 amide bonds. The highest BCUT2D eigenvalue weighted by Crippen LogP contribution is 2.35. The van der Waals surface area contributed by atoms with Crippen LogP contribution in [-0.2, 0) is 0 Å². The average Bonchev–Trinajstić information content (AvgIpc) is 2.76. The van der Waals surface area contributed by atoms with E-state index in [1.165, 1.54) is 13.2 Å². The van der Waals surface area contributed by atoms with E-state index in [0.29, 0.717) is 39.0 Å². The van der Waals surface area contributed by atoms with Crippen LogP contribution >= 0.6 is 23.2 Å². The molecule has 0 saturated carbocycles. The summed E-state index contributed by atoms with van der Waals surface area (Å²) < 4.78 is 10.4. The molecular formula is C22H18Cl2N2O4. The van der Waals surface area contributed by atoms with Crippen LogP contribution in [0.1, 0.15) is 20.7 Å². The molecule has 0 bridgehead atoms. The van der Waals surface area contributed by atoms with E-state index in [1.54, 1.807) is 61.7 Å². The van der Waals surface area contributed by atoms with E-state index in [0.717, 1.165) is 0 Å². The lowest BCUT2D eigenvalue weighted by molar-refractivity contribution is 0.101. The number of hydrogen-bond donors (Lipinski definition) is 2. The fourth-order valence-corrected chi connectivity index (χ4v) is 2.99. The van der Waals surface area contributed by atoms with Crippen molar-refractivity contribution in [2.24, 2.45) is 0 Å². The molecule has 0 atom stereocenters. The van der Waals surface area contributed by atoms with E-state index in [1.807, 2.05) is 0 Å². The van der Waals surface area contributed by atoms with Crippen molar-refractivity contribution in [2.45, 2.75) is 0 Å². The van der Waals surface area contributed by atoms with Crippen LogP contribution in [0.5, 0.6) is 11.5 Å². The van der Waals surface area contributed by atoms with E-state index in [2.05, 4.69) is 10.6 Å². The standard InChI is InChI=1S/C22H18Cl2N2O4/c1-29-16-9-5-14(6-10-16)21(27)25-18-12-20(30-2)19(11-17(18)24)26-22(28)13-3-7-15(23)8-4-13/h3-12H,1-2H3,(H,25,27)(H,26,28). The minimum Gasteiger partial charge on any atom is -0.497 e. The second-order valence-corrected chi connectivity index (χ2v) is 7.02. The Kier molecular flexibility index (Phi) is 6.82. The molecule has 154 valence electrons. The lowest BCUT2D eigenvalue weighted by atomic mass is 10.1. The Morgan fingerprint density at radius 3 is 1.80 bits per heavy atom. The van der Waals surface area contributed by atoms with Crippen molar-refractivity contribution in [1.82, 2.24) is 0 Å². The first-order valence-corrected chi connectivity index (χ1v) is 9.56. The molecule has 6 nitrogen and oxygen atoms in total. The van der Waals surface area contributed by atoms with Crippen LogP contribution in [0.4, 0.5) is 11.4 Å². The fourth-order valence-electron chi connectivity index (χ4n) is 2.65. The number of amides is 2. The highest BCUT2D eigenvalue weighted by atomic mass is 35.5. The molecule has 3 aromatic rings. The highest BCUT2D eigenvalue weighted by molar-refractivity contribution is 6.34. The molecular weight excluding hydrogens is 427 g/mol. The first-order chi connectivity index (χ1) is 14.4. The summed E-state index contributed by atoms with van der Waals surface area (Å²) >= 11 is 12.2. The van der Waals surface area contributed by atoms with Crippen LogP contribution in [0.25, 0.3) is 0 Å². The van der Waals surface area contributed by atoms with Crippen molar-refractivity contribution in [3.05, 3.63) is 81.8 Å². The summed E-state index contributed by atoms with van der Waals surface area (Å²) in [6, 6.07) is 16.2. The smallest absolute Gasteiger partial charge is 0.255 e. The topological polar surface area (TPSA) is 76.7 Å². The summed E-state index contributed by atoms with van der Waals surface area (Å²) in [5, 5.41) is 6.25.